The normalized spacial score (nSPS) is 18.1. The number of aromatic nitrogens is 1. The second-order valence-corrected chi connectivity index (χ2v) is 8.17. The predicted molar refractivity (Wildman–Crippen MR) is 120 cm³/mol. The molecule has 1 N–H and O–H groups in total. The van der Waals surface area contributed by atoms with Crippen molar-refractivity contribution in [1.29, 1.82) is 0 Å². The third-order valence-electron chi connectivity index (χ3n) is 5.94. The fourth-order valence-electron chi connectivity index (χ4n) is 4.11. The number of fused-ring (bicyclic) bond motifs is 1. The van der Waals surface area contributed by atoms with Crippen molar-refractivity contribution >= 4 is 17.9 Å². The van der Waals surface area contributed by atoms with Crippen LogP contribution in [-0.2, 0) is 11.3 Å². The lowest BCUT2D eigenvalue weighted by Crippen LogP contribution is -2.41. The lowest BCUT2D eigenvalue weighted by atomic mass is 9.99. The molecule has 0 radical (unpaired) electrons. The minimum Gasteiger partial charge on any atom is -0.349 e. The Morgan fingerprint density at radius 1 is 0.903 bits per heavy atom. The van der Waals surface area contributed by atoms with Crippen LogP contribution in [0.25, 0.3) is 6.08 Å². The second-order valence-electron chi connectivity index (χ2n) is 8.17. The molecular weight excluding hydrogens is 386 g/mol. The summed E-state index contributed by atoms with van der Waals surface area (Å²) >= 11 is 0. The Balaban J connectivity index is 1.33. The van der Waals surface area contributed by atoms with Crippen LogP contribution in [0.1, 0.15) is 46.1 Å². The van der Waals surface area contributed by atoms with Gasteiger partial charge in [-0.3, -0.25) is 9.59 Å². The van der Waals surface area contributed by atoms with Crippen LogP contribution >= 0.6 is 0 Å². The van der Waals surface area contributed by atoms with E-state index in [1.54, 1.807) is 6.08 Å². The van der Waals surface area contributed by atoms with Gasteiger partial charge in [-0.1, -0.05) is 42.5 Å². The van der Waals surface area contributed by atoms with Crippen LogP contribution in [-0.4, -0.2) is 33.9 Å². The van der Waals surface area contributed by atoms with E-state index >= 15 is 0 Å². The van der Waals surface area contributed by atoms with E-state index in [0.29, 0.717) is 18.2 Å². The molecule has 156 valence electrons. The van der Waals surface area contributed by atoms with Gasteiger partial charge in [0.2, 0.25) is 5.91 Å². The summed E-state index contributed by atoms with van der Waals surface area (Å²) in [4.78, 5) is 27.2. The number of amides is 2. The molecule has 1 fully saturated rings. The van der Waals surface area contributed by atoms with Crippen molar-refractivity contribution in [1.82, 2.24) is 14.8 Å². The summed E-state index contributed by atoms with van der Waals surface area (Å²) in [6.07, 6.45) is 7.66. The molecule has 5 heteroatoms. The van der Waals surface area contributed by atoms with Crippen LogP contribution in [0.4, 0.5) is 0 Å². The summed E-state index contributed by atoms with van der Waals surface area (Å²) in [5.41, 5.74) is 3.78. The molecule has 5 rings (SSSR count). The van der Waals surface area contributed by atoms with Crippen molar-refractivity contribution < 1.29 is 9.59 Å². The third kappa shape index (κ3) is 4.17. The topological polar surface area (TPSA) is 54.3 Å². The molecule has 5 nitrogen and oxygen atoms in total. The Labute approximate surface area is 182 Å². The highest BCUT2D eigenvalue weighted by Crippen LogP contribution is 2.32. The maximum atomic E-state index is 13.2. The Hall–Kier alpha value is -3.60. The first-order chi connectivity index (χ1) is 15.2. The minimum atomic E-state index is -0.101. The zero-order valence-corrected chi connectivity index (χ0v) is 17.3. The van der Waals surface area contributed by atoms with Crippen LogP contribution in [0.2, 0.25) is 0 Å². The second kappa shape index (κ2) is 8.26. The van der Waals surface area contributed by atoms with E-state index in [2.05, 4.69) is 34.3 Å². The van der Waals surface area contributed by atoms with E-state index in [9.17, 15) is 9.59 Å². The monoisotopic (exact) mass is 411 g/mol. The molecule has 2 amide bonds. The van der Waals surface area contributed by atoms with Gasteiger partial charge in [0.1, 0.15) is 0 Å². The molecule has 1 aliphatic heterocycles. The summed E-state index contributed by atoms with van der Waals surface area (Å²) in [7, 11) is 0. The average molecular weight is 412 g/mol. The highest BCUT2D eigenvalue weighted by molar-refractivity contribution is 5.95. The quantitative estimate of drug-likeness (QED) is 0.645. The molecule has 31 heavy (non-hydrogen) atoms. The van der Waals surface area contributed by atoms with Crippen LogP contribution in [0.3, 0.4) is 0 Å². The largest absolute Gasteiger partial charge is 0.349 e. The molecule has 1 saturated carbocycles. The number of hydrogen-bond acceptors (Lipinski definition) is 2. The van der Waals surface area contributed by atoms with E-state index in [1.165, 1.54) is 0 Å². The van der Waals surface area contributed by atoms with Crippen molar-refractivity contribution in [2.45, 2.75) is 31.5 Å². The van der Waals surface area contributed by atoms with Crippen molar-refractivity contribution in [2.24, 2.45) is 0 Å². The van der Waals surface area contributed by atoms with Gasteiger partial charge >= 0.3 is 0 Å². The standard InChI is InChI=1S/C26H25N3O2/c30-24(15-10-19-8-11-21(12-9-19)26(31)27-22-13-14-22)29-18-17-28-16-4-7-23(28)25(29)20-5-2-1-3-6-20/h1-12,15-16,22,25H,13-14,17-18H2,(H,27,31). The molecule has 2 aliphatic rings. The van der Waals surface area contributed by atoms with Crippen molar-refractivity contribution in [3.63, 3.8) is 0 Å². The molecule has 2 aromatic carbocycles. The number of rotatable bonds is 5. The SMILES string of the molecule is O=C(NC1CC1)c1ccc(C=CC(=O)N2CCn3cccc3C2c2ccccc2)cc1. The fourth-order valence-corrected chi connectivity index (χ4v) is 4.11. The number of carbonyl (C=O) groups is 2. The summed E-state index contributed by atoms with van der Waals surface area (Å²) in [6, 6.07) is 21.9. The molecule has 0 spiro atoms. The lowest BCUT2D eigenvalue weighted by molar-refractivity contribution is -0.128. The van der Waals surface area contributed by atoms with Gasteiger partial charge in [0.05, 0.1) is 6.04 Å². The maximum absolute atomic E-state index is 13.2. The molecule has 0 saturated heterocycles. The van der Waals surface area contributed by atoms with E-state index in [4.69, 9.17) is 0 Å². The van der Waals surface area contributed by atoms with Crippen LogP contribution < -0.4 is 5.32 Å². The first-order valence-corrected chi connectivity index (χ1v) is 10.8. The van der Waals surface area contributed by atoms with Crippen molar-refractivity contribution in [3.05, 3.63) is 101 Å². The predicted octanol–water partition coefficient (Wildman–Crippen LogP) is 4.03. The number of benzene rings is 2. The highest BCUT2D eigenvalue weighted by atomic mass is 16.2. The zero-order valence-electron chi connectivity index (χ0n) is 17.3. The minimum absolute atomic E-state index is 0.0168. The first kappa shape index (κ1) is 19.4. The molecule has 0 bridgehead atoms. The summed E-state index contributed by atoms with van der Waals surface area (Å²) in [5, 5.41) is 2.99. The molecule has 1 unspecified atom stereocenters. The fraction of sp³-hybridized carbons (Fsp3) is 0.231. The van der Waals surface area contributed by atoms with Crippen molar-refractivity contribution in [2.75, 3.05) is 6.54 Å². The van der Waals surface area contributed by atoms with Gasteiger partial charge in [-0.05, 0) is 54.3 Å². The van der Waals surface area contributed by atoms with E-state index in [1.807, 2.05) is 59.5 Å². The molecule has 2 heterocycles. The van der Waals surface area contributed by atoms with Gasteiger partial charge in [-0.2, -0.15) is 0 Å². The third-order valence-corrected chi connectivity index (χ3v) is 5.94. The van der Waals surface area contributed by atoms with Gasteiger partial charge < -0.3 is 14.8 Å². The molecular formula is C26H25N3O2. The summed E-state index contributed by atoms with van der Waals surface area (Å²) < 4.78 is 2.22. The summed E-state index contributed by atoms with van der Waals surface area (Å²) in [6.45, 7) is 1.45. The average Bonchev–Trinajstić information content (AvgIpc) is 3.49. The van der Waals surface area contributed by atoms with Crippen molar-refractivity contribution in [3.8, 4) is 0 Å². The molecule has 1 atom stereocenters. The lowest BCUT2D eigenvalue weighted by Gasteiger charge is -2.36. The van der Waals surface area contributed by atoms with E-state index in [0.717, 1.165) is 36.2 Å². The Bertz CT molecular complexity index is 1110. The van der Waals surface area contributed by atoms with Gasteiger partial charge in [0.25, 0.3) is 5.91 Å². The Kier molecular flexibility index (Phi) is 5.16. The summed E-state index contributed by atoms with van der Waals surface area (Å²) in [5.74, 6) is -0.0482. The number of carbonyl (C=O) groups excluding carboxylic acids is 2. The number of hydrogen-bond donors (Lipinski definition) is 1. The number of nitrogens with zero attached hydrogens (tertiary/aromatic N) is 2. The number of nitrogens with one attached hydrogen (secondary N) is 1. The first-order valence-electron chi connectivity index (χ1n) is 10.8. The van der Waals surface area contributed by atoms with Gasteiger partial charge in [-0.15, -0.1) is 0 Å². The van der Waals surface area contributed by atoms with Crippen LogP contribution in [0.15, 0.2) is 79.0 Å². The van der Waals surface area contributed by atoms with Gasteiger partial charge in [0, 0.05) is 42.7 Å². The molecule has 3 aromatic rings. The van der Waals surface area contributed by atoms with Gasteiger partial charge in [0.15, 0.2) is 0 Å². The van der Waals surface area contributed by atoms with E-state index < -0.39 is 0 Å². The molecule has 1 aromatic heterocycles. The zero-order chi connectivity index (χ0) is 21.2. The smallest absolute Gasteiger partial charge is 0.251 e. The Morgan fingerprint density at radius 3 is 2.42 bits per heavy atom. The highest BCUT2D eigenvalue weighted by Gasteiger charge is 2.31. The van der Waals surface area contributed by atoms with E-state index in [-0.39, 0.29) is 17.9 Å². The van der Waals surface area contributed by atoms with Gasteiger partial charge in [-0.25, -0.2) is 0 Å². The van der Waals surface area contributed by atoms with Crippen LogP contribution in [0.5, 0.6) is 0 Å². The van der Waals surface area contributed by atoms with Crippen LogP contribution in [0, 0.1) is 0 Å². The molecule has 1 aliphatic carbocycles. The maximum Gasteiger partial charge on any atom is 0.251 e. The Morgan fingerprint density at radius 2 is 1.68 bits per heavy atom.